The zero-order valence-electron chi connectivity index (χ0n) is 11.2. The molecule has 0 atom stereocenters. The van der Waals surface area contributed by atoms with E-state index in [9.17, 15) is 4.79 Å². The molecule has 0 radical (unpaired) electrons. The van der Waals surface area contributed by atoms with Gasteiger partial charge in [-0.2, -0.15) is 0 Å². The van der Waals surface area contributed by atoms with Crippen LogP contribution in [0, 0.1) is 0 Å². The Balaban J connectivity index is 2.20. The highest BCUT2D eigenvalue weighted by Gasteiger charge is 2.14. The van der Waals surface area contributed by atoms with E-state index in [1.54, 1.807) is 12.3 Å². The van der Waals surface area contributed by atoms with Crippen LogP contribution in [-0.4, -0.2) is 27.4 Å². The highest BCUT2D eigenvalue weighted by molar-refractivity contribution is 9.10. The molecule has 110 valence electrons. The van der Waals surface area contributed by atoms with E-state index in [0.717, 1.165) is 17.4 Å². The summed E-state index contributed by atoms with van der Waals surface area (Å²) in [7, 11) is 0. The first-order valence-electron chi connectivity index (χ1n) is 6.28. The van der Waals surface area contributed by atoms with Crippen LogP contribution in [0.3, 0.4) is 0 Å². The Morgan fingerprint density at radius 1 is 1.19 bits per heavy atom. The molecule has 2 aromatic rings. The Morgan fingerprint density at radius 2 is 2.00 bits per heavy atom. The number of carbonyl (C=O) groups is 1. The fourth-order valence-corrected chi connectivity index (χ4v) is 2.09. The van der Waals surface area contributed by atoms with Gasteiger partial charge >= 0.3 is 0 Å². The molecule has 0 unspecified atom stereocenters. The van der Waals surface area contributed by atoms with Crippen molar-refractivity contribution in [1.82, 2.24) is 15.0 Å². The monoisotopic (exact) mass is 413 g/mol. The zero-order valence-corrected chi connectivity index (χ0v) is 14.4. The van der Waals surface area contributed by atoms with E-state index < -0.39 is 0 Å². The van der Waals surface area contributed by atoms with Crippen molar-refractivity contribution < 1.29 is 4.79 Å². The van der Waals surface area contributed by atoms with Crippen LogP contribution < -0.4 is 10.6 Å². The van der Waals surface area contributed by atoms with E-state index in [1.807, 2.05) is 6.92 Å². The Morgan fingerprint density at radius 3 is 2.67 bits per heavy atom. The first-order chi connectivity index (χ1) is 10.1. The number of nitrogens with one attached hydrogen (secondary N) is 2. The Labute approximate surface area is 139 Å². The van der Waals surface area contributed by atoms with Crippen LogP contribution in [0.25, 0.3) is 0 Å². The van der Waals surface area contributed by atoms with Crippen LogP contribution in [0.2, 0.25) is 0 Å². The molecule has 0 spiro atoms. The van der Waals surface area contributed by atoms with Gasteiger partial charge in [-0.05, 0) is 44.3 Å². The molecule has 2 N–H and O–H groups in total. The molecule has 0 aliphatic rings. The molecule has 0 aliphatic carbocycles. The topological polar surface area (TPSA) is 79.8 Å². The van der Waals surface area contributed by atoms with Gasteiger partial charge in [0.15, 0.2) is 5.82 Å². The molecule has 0 saturated carbocycles. The fraction of sp³-hybridized carbons (Fsp3) is 0.231. The minimum absolute atomic E-state index is 0.293. The second kappa shape index (κ2) is 7.46. The first-order valence-corrected chi connectivity index (χ1v) is 7.87. The third-order valence-electron chi connectivity index (χ3n) is 2.50. The molecule has 2 heterocycles. The van der Waals surface area contributed by atoms with Crippen LogP contribution in [0.4, 0.5) is 11.6 Å². The van der Waals surface area contributed by atoms with Gasteiger partial charge in [0.1, 0.15) is 10.4 Å². The number of rotatable bonds is 5. The minimum Gasteiger partial charge on any atom is -0.369 e. The van der Waals surface area contributed by atoms with Gasteiger partial charge in [0.2, 0.25) is 0 Å². The van der Waals surface area contributed by atoms with Crippen molar-refractivity contribution in [1.29, 1.82) is 0 Å². The van der Waals surface area contributed by atoms with Crippen molar-refractivity contribution in [3.05, 3.63) is 39.3 Å². The van der Waals surface area contributed by atoms with E-state index in [4.69, 9.17) is 0 Å². The normalized spacial score (nSPS) is 10.2. The molecule has 0 bridgehead atoms. The zero-order chi connectivity index (χ0) is 15.2. The fourth-order valence-electron chi connectivity index (χ4n) is 1.56. The molecule has 2 rings (SSSR count). The van der Waals surface area contributed by atoms with Gasteiger partial charge in [0, 0.05) is 17.2 Å². The van der Waals surface area contributed by atoms with Crippen LogP contribution in [-0.2, 0) is 0 Å². The summed E-state index contributed by atoms with van der Waals surface area (Å²) in [5, 5.41) is 5.82. The molecule has 6 nitrogen and oxygen atoms in total. The van der Waals surface area contributed by atoms with E-state index in [2.05, 4.69) is 57.4 Å². The van der Waals surface area contributed by atoms with E-state index in [1.165, 1.54) is 12.4 Å². The van der Waals surface area contributed by atoms with Gasteiger partial charge in [-0.25, -0.2) is 15.0 Å². The predicted octanol–water partition coefficient (Wildman–Crippen LogP) is 3.47. The average Bonchev–Trinajstić information content (AvgIpc) is 2.48. The number of halogens is 2. The van der Waals surface area contributed by atoms with Gasteiger partial charge in [0.25, 0.3) is 5.91 Å². The van der Waals surface area contributed by atoms with Gasteiger partial charge in [-0.15, -0.1) is 0 Å². The van der Waals surface area contributed by atoms with Gasteiger partial charge in [0.05, 0.1) is 18.0 Å². The average molecular weight is 415 g/mol. The van der Waals surface area contributed by atoms with Crippen LogP contribution in [0.5, 0.6) is 0 Å². The molecule has 8 heteroatoms. The number of carbonyl (C=O) groups excluding carboxylic acids is 1. The van der Waals surface area contributed by atoms with E-state index >= 15 is 0 Å². The van der Waals surface area contributed by atoms with Crippen molar-refractivity contribution in [3.63, 3.8) is 0 Å². The van der Waals surface area contributed by atoms with Crippen molar-refractivity contribution in [3.8, 4) is 0 Å². The van der Waals surface area contributed by atoms with Crippen molar-refractivity contribution >= 4 is 49.4 Å². The summed E-state index contributed by atoms with van der Waals surface area (Å²) in [5.74, 6) is 0.631. The third kappa shape index (κ3) is 4.47. The summed E-state index contributed by atoms with van der Waals surface area (Å²) in [6.45, 7) is 2.79. The van der Waals surface area contributed by atoms with Gasteiger partial charge < -0.3 is 10.6 Å². The predicted molar refractivity (Wildman–Crippen MR) is 88.4 cm³/mol. The Hall–Kier alpha value is -1.54. The maximum absolute atomic E-state index is 12.3. The van der Waals surface area contributed by atoms with Gasteiger partial charge in [-0.3, -0.25) is 4.79 Å². The number of hydrogen-bond donors (Lipinski definition) is 2. The minimum atomic E-state index is -0.293. The van der Waals surface area contributed by atoms with Crippen molar-refractivity contribution in [2.24, 2.45) is 0 Å². The van der Waals surface area contributed by atoms with Crippen LogP contribution in [0.15, 0.2) is 33.7 Å². The summed E-state index contributed by atoms with van der Waals surface area (Å²) in [6, 6.07) is 1.71. The lowest BCUT2D eigenvalue weighted by atomic mass is 10.2. The number of hydrogen-bond acceptors (Lipinski definition) is 5. The quantitative estimate of drug-likeness (QED) is 0.782. The standard InChI is InChI=1S/C13H13Br2N5O/c1-2-3-16-12-9(4-8(14)5-19-12)13(21)20-11-7-17-10(15)6-18-11/h4-7H,2-3H2,1H3,(H,16,19)(H,18,20,21). The molecule has 1 amide bonds. The summed E-state index contributed by atoms with van der Waals surface area (Å²) in [6.07, 6.45) is 5.59. The summed E-state index contributed by atoms with van der Waals surface area (Å²) in [4.78, 5) is 24.7. The third-order valence-corrected chi connectivity index (χ3v) is 3.35. The summed E-state index contributed by atoms with van der Waals surface area (Å²) >= 11 is 6.52. The van der Waals surface area contributed by atoms with Crippen LogP contribution >= 0.6 is 31.9 Å². The first kappa shape index (κ1) is 15.8. The highest BCUT2D eigenvalue weighted by Crippen LogP contribution is 2.19. The molecule has 2 aromatic heterocycles. The Bertz CT molecular complexity index is 633. The van der Waals surface area contributed by atoms with E-state index in [-0.39, 0.29) is 5.91 Å². The van der Waals surface area contributed by atoms with E-state index in [0.29, 0.717) is 21.8 Å². The molecular weight excluding hydrogens is 402 g/mol. The smallest absolute Gasteiger partial charge is 0.260 e. The van der Waals surface area contributed by atoms with Gasteiger partial charge in [-0.1, -0.05) is 6.92 Å². The molecule has 21 heavy (non-hydrogen) atoms. The summed E-state index contributed by atoms with van der Waals surface area (Å²) < 4.78 is 1.34. The number of anilines is 2. The molecule has 0 aromatic carbocycles. The SMILES string of the molecule is CCCNc1ncc(Br)cc1C(=O)Nc1cnc(Br)cn1. The Kier molecular flexibility index (Phi) is 5.63. The maximum Gasteiger partial charge on any atom is 0.260 e. The number of pyridine rings is 1. The number of amides is 1. The maximum atomic E-state index is 12.3. The molecule has 0 saturated heterocycles. The second-order valence-electron chi connectivity index (χ2n) is 4.15. The lowest BCUT2D eigenvalue weighted by molar-refractivity contribution is 0.102. The highest BCUT2D eigenvalue weighted by atomic mass is 79.9. The lowest BCUT2D eigenvalue weighted by Gasteiger charge is -2.10. The van der Waals surface area contributed by atoms with Crippen molar-refractivity contribution in [2.45, 2.75) is 13.3 Å². The number of nitrogens with zero attached hydrogens (tertiary/aromatic N) is 3. The largest absolute Gasteiger partial charge is 0.369 e. The molecule has 0 aliphatic heterocycles. The van der Waals surface area contributed by atoms with Crippen LogP contribution in [0.1, 0.15) is 23.7 Å². The molecular formula is C13H13Br2N5O. The number of aromatic nitrogens is 3. The summed E-state index contributed by atoms with van der Waals surface area (Å²) in [5.41, 5.74) is 0.447. The molecule has 0 fully saturated rings. The lowest BCUT2D eigenvalue weighted by Crippen LogP contribution is -2.17. The second-order valence-corrected chi connectivity index (χ2v) is 5.88. The van der Waals surface area contributed by atoms with Crippen molar-refractivity contribution in [2.75, 3.05) is 17.2 Å².